The number of carbonyl (C=O) groups is 2. The zero-order valence-corrected chi connectivity index (χ0v) is 14.6. The van der Waals surface area contributed by atoms with Gasteiger partial charge >= 0.3 is 0 Å². The van der Waals surface area contributed by atoms with Gasteiger partial charge in [0.2, 0.25) is 11.8 Å². The first-order valence-electron chi connectivity index (χ1n) is 6.83. The quantitative estimate of drug-likeness (QED) is 0.549. The molecule has 0 radical (unpaired) electrons. The lowest BCUT2D eigenvalue weighted by Crippen LogP contribution is -2.34. The number of rotatable bonds is 2. The summed E-state index contributed by atoms with van der Waals surface area (Å²) in [6.45, 7) is 0. The second kappa shape index (κ2) is 5.72. The highest BCUT2D eigenvalue weighted by atomic mass is 79.9. The Hall–Kier alpha value is -0.880. The Bertz CT molecular complexity index is 564. The fourth-order valence-corrected chi connectivity index (χ4v) is 4.38. The highest BCUT2D eigenvalue weighted by Gasteiger charge is 2.52. The Labute approximate surface area is 140 Å². The Kier molecular flexibility index (Phi) is 4.10. The number of para-hydroxylation sites is 2. The minimum atomic E-state index is -0.236. The number of ether oxygens (including phenoxy) is 1. The van der Waals surface area contributed by atoms with E-state index in [0.29, 0.717) is 24.3 Å². The molecule has 112 valence electrons. The summed E-state index contributed by atoms with van der Waals surface area (Å²) < 4.78 is 5.29. The smallest absolute Gasteiger partial charge is 0.237 e. The molecule has 3 rings (SSSR count). The number of imide groups is 1. The largest absolute Gasteiger partial charge is 0.495 e. The standard InChI is InChI=1S/C15H15Br2NO3/c1-21-13-5-3-2-4-12(13)18-14(19)8-6-10(16)11(17)7-9(8)15(18)20/h2-5,8-11H,6-7H2,1H3/t8-,9-,10+,11+/m1/s1. The number of benzene rings is 1. The third-order valence-corrected chi connectivity index (χ3v) is 6.97. The van der Waals surface area contributed by atoms with Crippen LogP contribution in [-0.4, -0.2) is 28.6 Å². The molecule has 0 aromatic heterocycles. The molecule has 0 unspecified atom stereocenters. The summed E-state index contributed by atoms with van der Waals surface area (Å²) in [7, 11) is 1.54. The minimum Gasteiger partial charge on any atom is -0.495 e. The second-order valence-corrected chi connectivity index (χ2v) is 7.75. The van der Waals surface area contributed by atoms with E-state index in [1.807, 2.05) is 6.07 Å². The second-order valence-electron chi connectivity index (χ2n) is 5.40. The summed E-state index contributed by atoms with van der Waals surface area (Å²) in [6, 6.07) is 7.14. The van der Waals surface area contributed by atoms with E-state index in [9.17, 15) is 9.59 Å². The van der Waals surface area contributed by atoms with Crippen LogP contribution in [0.15, 0.2) is 24.3 Å². The van der Waals surface area contributed by atoms with E-state index < -0.39 is 0 Å². The molecule has 1 saturated heterocycles. The lowest BCUT2D eigenvalue weighted by atomic mass is 9.81. The van der Waals surface area contributed by atoms with E-state index >= 15 is 0 Å². The summed E-state index contributed by atoms with van der Waals surface area (Å²) in [6.07, 6.45) is 1.35. The number of fused-ring (bicyclic) bond motifs is 1. The lowest BCUT2D eigenvalue weighted by molar-refractivity contribution is -0.122. The first-order chi connectivity index (χ1) is 10.0. The fourth-order valence-electron chi connectivity index (χ4n) is 3.15. The van der Waals surface area contributed by atoms with E-state index in [1.54, 1.807) is 25.3 Å². The zero-order chi connectivity index (χ0) is 15.1. The van der Waals surface area contributed by atoms with Crippen molar-refractivity contribution >= 4 is 49.4 Å². The number of hydrogen-bond donors (Lipinski definition) is 0. The van der Waals surface area contributed by atoms with Crippen molar-refractivity contribution in [2.75, 3.05) is 12.0 Å². The normalized spacial score (nSPS) is 32.2. The third-order valence-electron chi connectivity index (χ3n) is 4.24. The van der Waals surface area contributed by atoms with E-state index in [-0.39, 0.29) is 33.3 Å². The van der Waals surface area contributed by atoms with Crippen LogP contribution in [0.3, 0.4) is 0 Å². The molecule has 0 spiro atoms. The first kappa shape index (κ1) is 15.0. The van der Waals surface area contributed by atoms with Gasteiger partial charge in [-0.3, -0.25) is 9.59 Å². The molecule has 6 heteroatoms. The fraction of sp³-hybridized carbons (Fsp3) is 0.467. The van der Waals surface area contributed by atoms with Gasteiger partial charge in [-0.15, -0.1) is 0 Å². The Morgan fingerprint density at radius 3 is 2.10 bits per heavy atom. The van der Waals surface area contributed by atoms with Gasteiger partial charge in [-0.05, 0) is 25.0 Å². The van der Waals surface area contributed by atoms with Gasteiger partial charge in [0, 0.05) is 9.65 Å². The predicted octanol–water partition coefficient (Wildman–Crippen LogP) is 3.12. The maximum absolute atomic E-state index is 12.7. The van der Waals surface area contributed by atoms with Crippen LogP contribution in [0.25, 0.3) is 0 Å². The number of hydrogen-bond acceptors (Lipinski definition) is 3. The molecule has 21 heavy (non-hydrogen) atoms. The summed E-state index contributed by atoms with van der Waals surface area (Å²) in [5, 5.41) is 0. The van der Waals surface area contributed by atoms with Crippen LogP contribution in [0, 0.1) is 11.8 Å². The minimum absolute atomic E-state index is 0.113. The molecular formula is C15H15Br2NO3. The number of anilines is 1. The van der Waals surface area contributed by atoms with Crippen molar-refractivity contribution < 1.29 is 14.3 Å². The van der Waals surface area contributed by atoms with Crippen LogP contribution in [0.4, 0.5) is 5.69 Å². The molecule has 4 nitrogen and oxygen atoms in total. The molecule has 1 heterocycles. The van der Waals surface area contributed by atoms with Gasteiger partial charge < -0.3 is 4.74 Å². The van der Waals surface area contributed by atoms with Gasteiger partial charge in [-0.2, -0.15) is 0 Å². The topological polar surface area (TPSA) is 46.6 Å². The molecule has 1 aromatic carbocycles. The van der Waals surface area contributed by atoms with Crippen molar-refractivity contribution in [1.29, 1.82) is 0 Å². The molecule has 1 aromatic rings. The molecule has 4 atom stereocenters. The van der Waals surface area contributed by atoms with E-state index in [1.165, 1.54) is 4.90 Å². The molecule has 2 fully saturated rings. The van der Waals surface area contributed by atoms with E-state index in [0.717, 1.165) is 0 Å². The average Bonchev–Trinajstić information content (AvgIpc) is 2.71. The molecule has 1 saturated carbocycles. The Balaban J connectivity index is 1.98. The van der Waals surface area contributed by atoms with Crippen molar-refractivity contribution in [2.45, 2.75) is 22.5 Å². The first-order valence-corrected chi connectivity index (χ1v) is 8.66. The lowest BCUT2D eigenvalue weighted by Gasteiger charge is -2.29. The summed E-state index contributed by atoms with van der Waals surface area (Å²) >= 11 is 7.18. The summed E-state index contributed by atoms with van der Waals surface area (Å²) in [5.74, 6) is -0.151. The molecule has 2 amide bonds. The van der Waals surface area contributed by atoms with Crippen LogP contribution in [-0.2, 0) is 9.59 Å². The van der Waals surface area contributed by atoms with Crippen molar-refractivity contribution in [1.82, 2.24) is 0 Å². The van der Waals surface area contributed by atoms with Crippen molar-refractivity contribution in [3.8, 4) is 5.75 Å². The molecule has 0 N–H and O–H groups in total. The molecule has 1 aliphatic carbocycles. The highest BCUT2D eigenvalue weighted by Crippen LogP contribution is 2.45. The van der Waals surface area contributed by atoms with Gasteiger partial charge in [-0.1, -0.05) is 44.0 Å². The zero-order valence-electron chi connectivity index (χ0n) is 11.5. The van der Waals surface area contributed by atoms with Crippen LogP contribution in [0.2, 0.25) is 0 Å². The number of halogens is 2. The van der Waals surface area contributed by atoms with Crippen molar-refractivity contribution in [3.63, 3.8) is 0 Å². The SMILES string of the molecule is COc1ccccc1N1C(=O)[C@@H]2C[C@H](Br)[C@@H](Br)C[C@H]2C1=O. The van der Waals surface area contributed by atoms with Crippen LogP contribution < -0.4 is 9.64 Å². The third kappa shape index (κ3) is 2.42. The number of alkyl halides is 2. The number of nitrogens with zero attached hydrogens (tertiary/aromatic N) is 1. The average molecular weight is 417 g/mol. The van der Waals surface area contributed by atoms with Gasteiger partial charge in [0.1, 0.15) is 5.75 Å². The van der Waals surface area contributed by atoms with Crippen molar-refractivity contribution in [2.24, 2.45) is 11.8 Å². The van der Waals surface area contributed by atoms with Gasteiger partial charge in [0.15, 0.2) is 0 Å². The van der Waals surface area contributed by atoms with Crippen LogP contribution >= 0.6 is 31.9 Å². The number of carbonyl (C=O) groups excluding carboxylic acids is 2. The Morgan fingerprint density at radius 2 is 1.57 bits per heavy atom. The highest BCUT2D eigenvalue weighted by molar-refractivity contribution is 9.12. The number of amides is 2. The van der Waals surface area contributed by atoms with E-state index in [2.05, 4.69) is 31.9 Å². The van der Waals surface area contributed by atoms with Gasteiger partial charge in [0.05, 0.1) is 24.6 Å². The maximum atomic E-state index is 12.7. The molecule has 2 aliphatic rings. The van der Waals surface area contributed by atoms with Crippen LogP contribution in [0.1, 0.15) is 12.8 Å². The van der Waals surface area contributed by atoms with Gasteiger partial charge in [-0.25, -0.2) is 4.90 Å². The molecule has 0 bridgehead atoms. The summed E-state index contributed by atoms with van der Waals surface area (Å²) in [4.78, 5) is 27.1. The van der Waals surface area contributed by atoms with Crippen molar-refractivity contribution in [3.05, 3.63) is 24.3 Å². The molecular weight excluding hydrogens is 402 g/mol. The number of methoxy groups -OCH3 is 1. The van der Waals surface area contributed by atoms with Gasteiger partial charge in [0.25, 0.3) is 0 Å². The van der Waals surface area contributed by atoms with E-state index in [4.69, 9.17) is 4.74 Å². The maximum Gasteiger partial charge on any atom is 0.237 e. The Morgan fingerprint density at radius 1 is 1.05 bits per heavy atom. The molecule has 1 aliphatic heterocycles. The van der Waals surface area contributed by atoms with Crippen LogP contribution in [0.5, 0.6) is 5.75 Å². The predicted molar refractivity (Wildman–Crippen MR) is 87.1 cm³/mol. The summed E-state index contributed by atoms with van der Waals surface area (Å²) in [5.41, 5.74) is 0.543. The monoisotopic (exact) mass is 415 g/mol.